The molecule has 1 aromatic rings. The second-order valence-corrected chi connectivity index (χ2v) is 4.48. The number of esters is 1. The van der Waals surface area contributed by atoms with Crippen molar-refractivity contribution in [1.29, 1.82) is 5.26 Å². The SMILES string of the molecule is CCOC(=O)C1CNCCN1c1cc(F)cc(C#N)c1. The molecule has 0 spiro atoms. The number of anilines is 1. The Kier molecular flexibility index (Phi) is 4.53. The quantitative estimate of drug-likeness (QED) is 0.836. The van der Waals surface area contributed by atoms with E-state index in [0.29, 0.717) is 31.9 Å². The predicted molar refractivity (Wildman–Crippen MR) is 71.8 cm³/mol. The Balaban J connectivity index is 2.30. The standard InChI is InChI=1S/C14H16FN3O2/c1-2-20-14(19)13-9-17-3-4-18(13)12-6-10(8-16)5-11(15)7-12/h5-7,13,17H,2-4,9H2,1H3. The van der Waals surface area contributed by atoms with Crippen LogP contribution in [-0.2, 0) is 9.53 Å². The van der Waals surface area contributed by atoms with E-state index in [0.717, 1.165) is 0 Å². The Labute approximate surface area is 116 Å². The predicted octanol–water partition coefficient (Wildman–Crippen LogP) is 1.04. The van der Waals surface area contributed by atoms with Crippen LogP contribution in [0.1, 0.15) is 12.5 Å². The second-order valence-electron chi connectivity index (χ2n) is 4.48. The average molecular weight is 277 g/mol. The van der Waals surface area contributed by atoms with Crippen LogP contribution in [0.5, 0.6) is 0 Å². The summed E-state index contributed by atoms with van der Waals surface area (Å²) in [5.41, 5.74) is 0.766. The van der Waals surface area contributed by atoms with Crippen LogP contribution < -0.4 is 10.2 Å². The fraction of sp³-hybridized carbons (Fsp3) is 0.429. The minimum absolute atomic E-state index is 0.237. The lowest BCUT2D eigenvalue weighted by molar-refractivity contribution is -0.144. The minimum atomic E-state index is -0.503. The van der Waals surface area contributed by atoms with Crippen molar-refractivity contribution in [2.45, 2.75) is 13.0 Å². The number of benzene rings is 1. The third kappa shape index (κ3) is 3.06. The maximum absolute atomic E-state index is 13.5. The van der Waals surface area contributed by atoms with Gasteiger partial charge < -0.3 is 15.0 Å². The molecule has 0 saturated carbocycles. The van der Waals surface area contributed by atoms with Gasteiger partial charge in [-0.3, -0.25) is 0 Å². The molecular weight excluding hydrogens is 261 g/mol. The van der Waals surface area contributed by atoms with Crippen molar-refractivity contribution in [3.8, 4) is 6.07 Å². The molecule has 5 nitrogen and oxygen atoms in total. The van der Waals surface area contributed by atoms with E-state index in [2.05, 4.69) is 5.32 Å². The van der Waals surface area contributed by atoms with Gasteiger partial charge in [-0.2, -0.15) is 5.26 Å². The van der Waals surface area contributed by atoms with E-state index in [4.69, 9.17) is 10.00 Å². The highest BCUT2D eigenvalue weighted by Crippen LogP contribution is 2.22. The number of ether oxygens (including phenoxy) is 1. The molecule has 0 bridgehead atoms. The molecule has 106 valence electrons. The molecule has 1 aliphatic heterocycles. The molecular formula is C14H16FN3O2. The Bertz CT molecular complexity index is 542. The molecule has 0 aliphatic carbocycles. The lowest BCUT2D eigenvalue weighted by Gasteiger charge is -2.36. The van der Waals surface area contributed by atoms with Crippen molar-refractivity contribution in [3.63, 3.8) is 0 Å². The van der Waals surface area contributed by atoms with Crippen molar-refractivity contribution in [3.05, 3.63) is 29.6 Å². The van der Waals surface area contributed by atoms with Crippen molar-refractivity contribution >= 4 is 11.7 Å². The van der Waals surface area contributed by atoms with Crippen LogP contribution in [0.2, 0.25) is 0 Å². The first kappa shape index (κ1) is 14.3. The van der Waals surface area contributed by atoms with Crippen molar-refractivity contribution < 1.29 is 13.9 Å². The van der Waals surface area contributed by atoms with Crippen LogP contribution in [0, 0.1) is 17.1 Å². The number of nitriles is 1. The molecule has 1 fully saturated rings. The summed E-state index contributed by atoms with van der Waals surface area (Å²) in [6.07, 6.45) is 0. The molecule has 1 saturated heterocycles. The number of hydrogen-bond acceptors (Lipinski definition) is 5. The van der Waals surface area contributed by atoms with Gasteiger partial charge >= 0.3 is 5.97 Å². The van der Waals surface area contributed by atoms with Gasteiger partial charge in [-0.15, -0.1) is 0 Å². The summed E-state index contributed by atoms with van der Waals surface area (Å²) in [5, 5.41) is 12.0. The Morgan fingerprint density at radius 2 is 2.40 bits per heavy atom. The normalized spacial score (nSPS) is 18.4. The highest BCUT2D eigenvalue weighted by molar-refractivity contribution is 5.81. The second kappa shape index (κ2) is 6.35. The van der Waals surface area contributed by atoms with E-state index >= 15 is 0 Å². The number of piperazine rings is 1. The molecule has 20 heavy (non-hydrogen) atoms. The maximum Gasteiger partial charge on any atom is 0.330 e. The van der Waals surface area contributed by atoms with Crippen LogP contribution in [-0.4, -0.2) is 38.3 Å². The molecule has 2 rings (SSSR count). The number of nitrogens with one attached hydrogen (secondary N) is 1. The zero-order valence-corrected chi connectivity index (χ0v) is 11.2. The molecule has 1 heterocycles. The first-order valence-electron chi connectivity index (χ1n) is 6.50. The summed E-state index contributed by atoms with van der Waals surface area (Å²) >= 11 is 0. The summed E-state index contributed by atoms with van der Waals surface area (Å²) in [7, 11) is 0. The lowest BCUT2D eigenvalue weighted by atomic mass is 10.1. The largest absolute Gasteiger partial charge is 0.464 e. The topological polar surface area (TPSA) is 65.4 Å². The average Bonchev–Trinajstić information content (AvgIpc) is 2.46. The molecule has 1 unspecified atom stereocenters. The molecule has 0 amide bonds. The highest BCUT2D eigenvalue weighted by atomic mass is 19.1. The fourth-order valence-corrected chi connectivity index (χ4v) is 2.27. The van der Waals surface area contributed by atoms with E-state index in [1.165, 1.54) is 12.1 Å². The van der Waals surface area contributed by atoms with Crippen molar-refractivity contribution in [2.75, 3.05) is 31.1 Å². The van der Waals surface area contributed by atoms with E-state index in [1.807, 2.05) is 6.07 Å². The van der Waals surface area contributed by atoms with Crippen LogP contribution in [0.3, 0.4) is 0 Å². The van der Waals surface area contributed by atoms with Gasteiger partial charge in [0.25, 0.3) is 0 Å². The summed E-state index contributed by atoms with van der Waals surface area (Å²) in [5.74, 6) is -0.831. The number of hydrogen-bond donors (Lipinski definition) is 1. The highest BCUT2D eigenvalue weighted by Gasteiger charge is 2.30. The number of nitrogens with zero attached hydrogens (tertiary/aromatic N) is 2. The van der Waals surface area contributed by atoms with E-state index < -0.39 is 11.9 Å². The van der Waals surface area contributed by atoms with E-state index in [1.54, 1.807) is 17.9 Å². The molecule has 1 N–H and O–H groups in total. The van der Waals surface area contributed by atoms with E-state index in [-0.39, 0.29) is 11.5 Å². The lowest BCUT2D eigenvalue weighted by Crippen LogP contribution is -2.55. The monoisotopic (exact) mass is 277 g/mol. The molecule has 6 heteroatoms. The molecule has 1 aliphatic rings. The number of carbonyl (C=O) groups excluding carboxylic acids is 1. The maximum atomic E-state index is 13.5. The van der Waals surface area contributed by atoms with Gasteiger partial charge in [-0.25, -0.2) is 9.18 Å². The number of rotatable bonds is 3. The van der Waals surface area contributed by atoms with Gasteiger partial charge in [0, 0.05) is 25.3 Å². The zero-order chi connectivity index (χ0) is 14.5. The molecule has 1 aromatic carbocycles. The van der Waals surface area contributed by atoms with Crippen LogP contribution >= 0.6 is 0 Å². The van der Waals surface area contributed by atoms with Crippen LogP contribution in [0.15, 0.2) is 18.2 Å². The Morgan fingerprint density at radius 3 is 3.10 bits per heavy atom. The third-order valence-electron chi connectivity index (χ3n) is 3.15. The molecule has 0 aromatic heterocycles. The summed E-state index contributed by atoms with van der Waals surface area (Å²) < 4.78 is 18.6. The van der Waals surface area contributed by atoms with E-state index in [9.17, 15) is 9.18 Å². The molecule has 1 atom stereocenters. The number of halogens is 1. The number of carbonyl (C=O) groups is 1. The summed E-state index contributed by atoms with van der Waals surface area (Å²) in [6.45, 7) is 3.73. The van der Waals surface area contributed by atoms with Gasteiger partial charge in [-0.05, 0) is 25.1 Å². The summed E-state index contributed by atoms with van der Waals surface area (Å²) in [6, 6.07) is 5.50. The summed E-state index contributed by atoms with van der Waals surface area (Å²) in [4.78, 5) is 13.7. The van der Waals surface area contributed by atoms with Crippen LogP contribution in [0.25, 0.3) is 0 Å². The fourth-order valence-electron chi connectivity index (χ4n) is 2.27. The first-order valence-corrected chi connectivity index (χ1v) is 6.50. The van der Waals surface area contributed by atoms with Crippen LogP contribution in [0.4, 0.5) is 10.1 Å². The van der Waals surface area contributed by atoms with Gasteiger partial charge in [0.05, 0.1) is 18.2 Å². The zero-order valence-electron chi connectivity index (χ0n) is 11.2. The van der Waals surface area contributed by atoms with Gasteiger partial charge in [0.1, 0.15) is 11.9 Å². The molecule has 0 radical (unpaired) electrons. The van der Waals surface area contributed by atoms with Gasteiger partial charge in [-0.1, -0.05) is 0 Å². The Hall–Kier alpha value is -2.13. The smallest absolute Gasteiger partial charge is 0.330 e. The Morgan fingerprint density at radius 1 is 1.60 bits per heavy atom. The third-order valence-corrected chi connectivity index (χ3v) is 3.15. The van der Waals surface area contributed by atoms with Crippen molar-refractivity contribution in [2.24, 2.45) is 0 Å². The van der Waals surface area contributed by atoms with Crippen molar-refractivity contribution in [1.82, 2.24) is 5.32 Å². The van der Waals surface area contributed by atoms with Gasteiger partial charge in [0.15, 0.2) is 0 Å². The first-order chi connectivity index (χ1) is 9.65. The minimum Gasteiger partial charge on any atom is -0.464 e. The van der Waals surface area contributed by atoms with Gasteiger partial charge in [0.2, 0.25) is 0 Å².